The Hall–Kier alpha value is -2.37. The van der Waals surface area contributed by atoms with Crippen molar-refractivity contribution in [3.63, 3.8) is 0 Å². The van der Waals surface area contributed by atoms with E-state index in [-0.39, 0.29) is 12.2 Å². The average molecular weight is 461 g/mol. The van der Waals surface area contributed by atoms with Crippen molar-refractivity contribution < 1.29 is 39.5 Å². The Kier molecular flexibility index (Phi) is 6.94. The molecule has 0 spiro atoms. The minimum Gasteiger partial charge on any atom is -0.400 e. The highest BCUT2D eigenvalue weighted by Crippen LogP contribution is 2.38. The molecular formula is C19H20F9N3. The van der Waals surface area contributed by atoms with E-state index in [1.807, 2.05) is 0 Å². The third kappa shape index (κ3) is 5.86. The second kappa shape index (κ2) is 8.64. The van der Waals surface area contributed by atoms with E-state index in [0.29, 0.717) is 24.3 Å². The van der Waals surface area contributed by atoms with Crippen LogP contribution in [0.1, 0.15) is 13.3 Å². The maximum atomic E-state index is 13.4. The molecule has 2 aliphatic heterocycles. The van der Waals surface area contributed by atoms with Crippen molar-refractivity contribution in [1.82, 2.24) is 10.2 Å². The van der Waals surface area contributed by atoms with E-state index in [0.717, 1.165) is 17.9 Å². The Balaban J connectivity index is 2.47. The number of nitrogens with zero attached hydrogens (tertiary/aromatic N) is 1. The van der Waals surface area contributed by atoms with Crippen LogP contribution in [0.25, 0.3) is 0 Å². The number of likely N-dealkylation sites (N-methyl/N-ethyl adjacent to an activating group) is 1. The molecule has 0 saturated heterocycles. The zero-order valence-corrected chi connectivity index (χ0v) is 16.4. The molecule has 31 heavy (non-hydrogen) atoms. The van der Waals surface area contributed by atoms with E-state index in [1.54, 1.807) is 0 Å². The molecule has 2 aliphatic rings. The number of rotatable bonds is 3. The minimum atomic E-state index is -4.88. The van der Waals surface area contributed by atoms with Crippen molar-refractivity contribution in [3.05, 3.63) is 58.5 Å². The van der Waals surface area contributed by atoms with Crippen molar-refractivity contribution in [2.75, 3.05) is 13.6 Å². The summed E-state index contributed by atoms with van der Waals surface area (Å²) in [5.41, 5.74) is 1.76. The lowest BCUT2D eigenvalue weighted by molar-refractivity contribution is -0.0961. The molecule has 3 nitrogen and oxygen atoms in total. The fourth-order valence-electron chi connectivity index (χ4n) is 3.33. The monoisotopic (exact) mass is 461 g/mol. The Bertz CT molecular complexity index is 839. The third-order valence-electron chi connectivity index (χ3n) is 4.95. The maximum Gasteiger partial charge on any atom is 0.416 e. The number of nitrogens with one attached hydrogen (secondary N) is 1. The van der Waals surface area contributed by atoms with Crippen molar-refractivity contribution in [2.24, 2.45) is 5.73 Å². The number of alkyl halides is 9. The van der Waals surface area contributed by atoms with Gasteiger partial charge in [0, 0.05) is 30.6 Å². The van der Waals surface area contributed by atoms with Crippen LogP contribution in [0.3, 0.4) is 0 Å². The summed E-state index contributed by atoms with van der Waals surface area (Å²) >= 11 is 0. The number of halogens is 9. The predicted molar refractivity (Wildman–Crippen MR) is 96.4 cm³/mol. The van der Waals surface area contributed by atoms with Crippen LogP contribution in [-0.2, 0) is 0 Å². The molecular weight excluding hydrogens is 441 g/mol. The Labute approximate surface area is 172 Å². The molecule has 0 aromatic rings. The van der Waals surface area contributed by atoms with Gasteiger partial charge in [-0.1, -0.05) is 12.2 Å². The summed E-state index contributed by atoms with van der Waals surface area (Å²) in [7, 11) is 1.26. The van der Waals surface area contributed by atoms with Crippen LogP contribution >= 0.6 is 0 Å². The molecule has 2 heterocycles. The van der Waals surface area contributed by atoms with Crippen LogP contribution in [0.2, 0.25) is 0 Å². The first-order valence-electron chi connectivity index (χ1n) is 8.99. The zero-order valence-electron chi connectivity index (χ0n) is 16.4. The summed E-state index contributed by atoms with van der Waals surface area (Å²) in [5, 5.41) is 2.70. The van der Waals surface area contributed by atoms with Crippen LogP contribution in [0.4, 0.5) is 39.5 Å². The molecule has 0 aromatic heterocycles. The summed E-state index contributed by atoms with van der Waals surface area (Å²) in [6.07, 6.45) is -11.5. The van der Waals surface area contributed by atoms with Crippen molar-refractivity contribution in [2.45, 2.75) is 44.0 Å². The lowest BCUT2D eigenvalue weighted by Gasteiger charge is -2.40. The quantitative estimate of drug-likeness (QED) is 0.358. The second-order valence-electron chi connectivity index (χ2n) is 7.02. The molecule has 0 bridgehead atoms. The van der Waals surface area contributed by atoms with Gasteiger partial charge in [-0.25, -0.2) is 0 Å². The first-order valence-corrected chi connectivity index (χ1v) is 8.99. The maximum absolute atomic E-state index is 13.4. The number of hydrogen-bond donors (Lipinski definition) is 2. The smallest absolute Gasteiger partial charge is 0.400 e. The number of nitrogens with two attached hydrogens (primary N) is 1. The third-order valence-corrected chi connectivity index (χ3v) is 4.95. The van der Waals surface area contributed by atoms with Gasteiger partial charge in [-0.05, 0) is 31.6 Å². The summed E-state index contributed by atoms with van der Waals surface area (Å²) < 4.78 is 119. The highest BCUT2D eigenvalue weighted by Gasteiger charge is 2.42. The SMILES string of the molecule is C/C=C(\C=C(/N)C1C=C(C(F)(F)F)C=C(C2CC(C(F)(F)F)=CCN2)N1C)C(F)(F)F. The first-order chi connectivity index (χ1) is 14.1. The molecule has 174 valence electrons. The van der Waals surface area contributed by atoms with Crippen LogP contribution in [0.15, 0.2) is 58.5 Å². The Morgan fingerprint density at radius 1 is 1.10 bits per heavy atom. The lowest BCUT2D eigenvalue weighted by Crippen LogP contribution is -2.47. The summed E-state index contributed by atoms with van der Waals surface area (Å²) in [6.45, 7) is 0.860. The average Bonchev–Trinajstić information content (AvgIpc) is 2.63. The topological polar surface area (TPSA) is 41.3 Å². The lowest BCUT2D eigenvalue weighted by atomic mass is 9.92. The minimum absolute atomic E-state index is 0.167. The van der Waals surface area contributed by atoms with Gasteiger partial charge in [0.2, 0.25) is 0 Å². The predicted octanol–water partition coefficient (Wildman–Crippen LogP) is 4.87. The van der Waals surface area contributed by atoms with Gasteiger partial charge in [-0.2, -0.15) is 39.5 Å². The van der Waals surface area contributed by atoms with Crippen molar-refractivity contribution in [3.8, 4) is 0 Å². The number of allylic oxidation sites excluding steroid dienone is 5. The molecule has 2 atom stereocenters. The van der Waals surface area contributed by atoms with Gasteiger partial charge < -0.3 is 16.0 Å². The molecule has 0 saturated carbocycles. The molecule has 0 aromatic carbocycles. The van der Waals surface area contributed by atoms with E-state index >= 15 is 0 Å². The molecule has 12 heteroatoms. The van der Waals surface area contributed by atoms with Crippen molar-refractivity contribution >= 4 is 0 Å². The summed E-state index contributed by atoms with van der Waals surface area (Å²) in [5.74, 6) is 0. The zero-order chi connectivity index (χ0) is 23.8. The van der Waals surface area contributed by atoms with Crippen LogP contribution in [0, 0.1) is 0 Å². The van der Waals surface area contributed by atoms with Gasteiger partial charge in [0.25, 0.3) is 0 Å². The first kappa shape index (κ1) is 24.9. The standard InChI is InChI=1S/C19H20F9N3/c1-3-10(17(20,21)22)6-13(29)15-8-12(19(26,27)28)9-16(31(15)2)14-7-11(4-5-30-14)18(23,24)25/h3-4,6,8-9,14-15,30H,5,7,29H2,1-2H3/b10-3+,13-6-. The van der Waals surface area contributed by atoms with Crippen LogP contribution < -0.4 is 11.1 Å². The highest BCUT2D eigenvalue weighted by molar-refractivity contribution is 5.42. The van der Waals surface area contributed by atoms with Gasteiger partial charge in [0.05, 0.1) is 23.2 Å². The molecule has 0 amide bonds. The summed E-state index contributed by atoms with van der Waals surface area (Å²) in [4.78, 5) is 1.14. The Morgan fingerprint density at radius 2 is 1.71 bits per heavy atom. The fourth-order valence-corrected chi connectivity index (χ4v) is 3.33. The second-order valence-corrected chi connectivity index (χ2v) is 7.02. The molecule has 0 aliphatic carbocycles. The van der Waals surface area contributed by atoms with Gasteiger partial charge >= 0.3 is 18.5 Å². The van der Waals surface area contributed by atoms with E-state index in [4.69, 9.17) is 5.73 Å². The van der Waals surface area contributed by atoms with Gasteiger partial charge in [0.1, 0.15) is 0 Å². The van der Waals surface area contributed by atoms with Crippen molar-refractivity contribution in [1.29, 1.82) is 0 Å². The molecule has 0 radical (unpaired) electrons. The normalized spacial score (nSPS) is 24.6. The molecule has 2 rings (SSSR count). The van der Waals surface area contributed by atoms with Crippen LogP contribution in [-0.4, -0.2) is 49.1 Å². The fraction of sp³-hybridized carbons (Fsp3) is 0.474. The molecule has 2 unspecified atom stereocenters. The van der Waals surface area contributed by atoms with E-state index in [1.165, 1.54) is 7.05 Å². The Morgan fingerprint density at radius 3 is 2.19 bits per heavy atom. The van der Waals surface area contributed by atoms with Gasteiger partial charge in [-0.3, -0.25) is 0 Å². The number of hydrogen-bond acceptors (Lipinski definition) is 3. The largest absolute Gasteiger partial charge is 0.416 e. The summed E-state index contributed by atoms with van der Waals surface area (Å²) in [6, 6.07) is -2.59. The van der Waals surface area contributed by atoms with Gasteiger partial charge in [-0.15, -0.1) is 0 Å². The van der Waals surface area contributed by atoms with E-state index < -0.39 is 59.4 Å². The van der Waals surface area contributed by atoms with Gasteiger partial charge in [0.15, 0.2) is 0 Å². The van der Waals surface area contributed by atoms with E-state index in [2.05, 4.69) is 5.32 Å². The highest BCUT2D eigenvalue weighted by atomic mass is 19.4. The van der Waals surface area contributed by atoms with E-state index in [9.17, 15) is 39.5 Å². The molecule has 3 N–H and O–H groups in total. The van der Waals surface area contributed by atoms with Crippen LogP contribution in [0.5, 0.6) is 0 Å². The molecule has 0 fully saturated rings.